The lowest BCUT2D eigenvalue weighted by molar-refractivity contribution is 0.240. The molecular formula is C19H24N4O2. The van der Waals surface area contributed by atoms with Crippen molar-refractivity contribution < 1.29 is 9.53 Å². The Bertz CT molecular complexity index is 714. The summed E-state index contributed by atoms with van der Waals surface area (Å²) in [4.78, 5) is 18.8. The van der Waals surface area contributed by atoms with E-state index >= 15 is 0 Å². The van der Waals surface area contributed by atoms with Gasteiger partial charge in [0.1, 0.15) is 11.6 Å². The second kappa shape index (κ2) is 8.37. The second-order valence-electron chi connectivity index (χ2n) is 6.06. The molecular weight excluding hydrogens is 316 g/mol. The Morgan fingerprint density at radius 3 is 2.72 bits per heavy atom. The first-order valence-corrected chi connectivity index (χ1v) is 8.60. The highest BCUT2D eigenvalue weighted by molar-refractivity contribution is 5.74. The number of carbonyl (C=O) groups is 1. The van der Waals surface area contributed by atoms with Crippen LogP contribution in [-0.2, 0) is 13.1 Å². The van der Waals surface area contributed by atoms with Gasteiger partial charge in [0.05, 0.1) is 7.11 Å². The molecule has 2 N–H and O–H groups in total. The Hall–Kier alpha value is -2.76. The average molecular weight is 340 g/mol. The fourth-order valence-corrected chi connectivity index (χ4v) is 2.96. The SMILES string of the molecule is COc1ccccc1CNC(=O)NCc1ccnc(N2CCCC2)c1. The molecule has 0 saturated carbocycles. The number of aromatic nitrogens is 1. The molecule has 0 bridgehead atoms. The summed E-state index contributed by atoms with van der Waals surface area (Å²) in [5.74, 6) is 1.76. The van der Waals surface area contributed by atoms with Gasteiger partial charge in [0.2, 0.25) is 0 Å². The van der Waals surface area contributed by atoms with Gasteiger partial charge in [0.25, 0.3) is 0 Å². The lowest BCUT2D eigenvalue weighted by Crippen LogP contribution is -2.34. The maximum absolute atomic E-state index is 12.0. The number of para-hydroxylation sites is 1. The molecule has 0 radical (unpaired) electrons. The third-order valence-electron chi connectivity index (χ3n) is 4.32. The summed E-state index contributed by atoms with van der Waals surface area (Å²) in [7, 11) is 1.63. The molecule has 3 rings (SSSR count). The molecule has 0 atom stereocenters. The quantitative estimate of drug-likeness (QED) is 0.848. The van der Waals surface area contributed by atoms with Crippen molar-refractivity contribution in [2.75, 3.05) is 25.1 Å². The first-order valence-electron chi connectivity index (χ1n) is 8.60. The van der Waals surface area contributed by atoms with Gasteiger partial charge in [-0.25, -0.2) is 9.78 Å². The Kier molecular flexibility index (Phi) is 5.72. The summed E-state index contributed by atoms with van der Waals surface area (Å²) in [5.41, 5.74) is 1.99. The van der Waals surface area contributed by atoms with Crippen LogP contribution in [0, 0.1) is 0 Å². The maximum atomic E-state index is 12.0. The zero-order chi connectivity index (χ0) is 17.5. The van der Waals surface area contributed by atoms with Gasteiger partial charge in [-0.3, -0.25) is 0 Å². The number of nitrogens with one attached hydrogen (secondary N) is 2. The summed E-state index contributed by atoms with van der Waals surface area (Å²) in [6, 6.07) is 11.4. The van der Waals surface area contributed by atoms with Crippen molar-refractivity contribution in [3.63, 3.8) is 0 Å². The van der Waals surface area contributed by atoms with Crippen LogP contribution in [0.2, 0.25) is 0 Å². The van der Waals surface area contributed by atoms with Crippen LogP contribution in [0.5, 0.6) is 5.75 Å². The van der Waals surface area contributed by atoms with E-state index in [4.69, 9.17) is 4.74 Å². The zero-order valence-electron chi connectivity index (χ0n) is 14.5. The van der Waals surface area contributed by atoms with Crippen LogP contribution in [0.1, 0.15) is 24.0 Å². The minimum absolute atomic E-state index is 0.203. The van der Waals surface area contributed by atoms with E-state index in [0.29, 0.717) is 13.1 Å². The molecule has 0 spiro atoms. The molecule has 0 unspecified atom stereocenters. The highest BCUT2D eigenvalue weighted by Gasteiger charge is 2.13. The molecule has 25 heavy (non-hydrogen) atoms. The fourth-order valence-electron chi connectivity index (χ4n) is 2.96. The van der Waals surface area contributed by atoms with Crippen molar-refractivity contribution in [1.82, 2.24) is 15.6 Å². The highest BCUT2D eigenvalue weighted by atomic mass is 16.5. The molecule has 2 aromatic rings. The van der Waals surface area contributed by atoms with Gasteiger partial charge in [0.15, 0.2) is 0 Å². The Morgan fingerprint density at radius 1 is 1.16 bits per heavy atom. The van der Waals surface area contributed by atoms with Gasteiger partial charge in [-0.15, -0.1) is 0 Å². The molecule has 1 saturated heterocycles. The van der Waals surface area contributed by atoms with E-state index in [9.17, 15) is 4.79 Å². The molecule has 2 amide bonds. The van der Waals surface area contributed by atoms with Crippen LogP contribution >= 0.6 is 0 Å². The van der Waals surface area contributed by atoms with E-state index in [2.05, 4.69) is 20.5 Å². The van der Waals surface area contributed by atoms with Gasteiger partial charge in [-0.2, -0.15) is 0 Å². The molecule has 1 aromatic carbocycles. The standard InChI is InChI=1S/C19H24N4O2/c1-25-17-7-3-2-6-16(17)14-22-19(24)21-13-15-8-9-20-18(12-15)23-10-4-5-11-23/h2-3,6-9,12H,4-5,10-11,13-14H2,1H3,(H2,21,22,24). The van der Waals surface area contributed by atoms with Crippen LogP contribution in [0.4, 0.5) is 10.6 Å². The Balaban J connectivity index is 1.49. The number of hydrogen-bond acceptors (Lipinski definition) is 4. The van der Waals surface area contributed by atoms with Crippen molar-refractivity contribution >= 4 is 11.8 Å². The summed E-state index contributed by atoms with van der Waals surface area (Å²) >= 11 is 0. The van der Waals surface area contributed by atoms with Crippen molar-refractivity contribution in [1.29, 1.82) is 0 Å². The number of benzene rings is 1. The Labute approximate surface area is 148 Å². The van der Waals surface area contributed by atoms with Gasteiger partial charge in [-0.05, 0) is 36.6 Å². The van der Waals surface area contributed by atoms with E-state index in [1.54, 1.807) is 13.3 Å². The summed E-state index contributed by atoms with van der Waals surface area (Å²) in [6.07, 6.45) is 4.24. The molecule has 1 aromatic heterocycles. The van der Waals surface area contributed by atoms with Crippen molar-refractivity contribution in [3.8, 4) is 5.75 Å². The summed E-state index contributed by atoms with van der Waals surface area (Å²) < 4.78 is 5.29. The highest BCUT2D eigenvalue weighted by Crippen LogP contribution is 2.18. The predicted octanol–water partition coefficient (Wildman–Crippen LogP) is 2.69. The van der Waals surface area contributed by atoms with Gasteiger partial charge in [-0.1, -0.05) is 18.2 Å². The molecule has 1 aliphatic heterocycles. The first-order chi connectivity index (χ1) is 12.3. The summed E-state index contributed by atoms with van der Waals surface area (Å²) in [5, 5.41) is 5.74. The number of methoxy groups -OCH3 is 1. The topological polar surface area (TPSA) is 66.5 Å². The van der Waals surface area contributed by atoms with E-state index in [1.165, 1.54) is 12.8 Å². The van der Waals surface area contributed by atoms with Gasteiger partial charge >= 0.3 is 6.03 Å². The Morgan fingerprint density at radius 2 is 1.92 bits per heavy atom. The molecule has 6 heteroatoms. The molecule has 6 nitrogen and oxygen atoms in total. The van der Waals surface area contributed by atoms with Gasteiger partial charge in [0, 0.05) is 37.9 Å². The lowest BCUT2D eigenvalue weighted by Gasteiger charge is -2.17. The first kappa shape index (κ1) is 17.1. The third kappa shape index (κ3) is 4.62. The number of rotatable bonds is 6. The number of urea groups is 1. The number of hydrogen-bond donors (Lipinski definition) is 2. The minimum Gasteiger partial charge on any atom is -0.496 e. The second-order valence-corrected chi connectivity index (χ2v) is 6.06. The molecule has 1 aliphatic rings. The van der Waals surface area contributed by atoms with Crippen LogP contribution in [0.15, 0.2) is 42.6 Å². The number of ether oxygens (including phenoxy) is 1. The number of anilines is 1. The zero-order valence-corrected chi connectivity index (χ0v) is 14.5. The lowest BCUT2D eigenvalue weighted by atomic mass is 10.2. The number of amides is 2. The van der Waals surface area contributed by atoms with Gasteiger partial charge < -0.3 is 20.3 Å². The monoisotopic (exact) mass is 340 g/mol. The number of nitrogens with zero attached hydrogens (tertiary/aromatic N) is 2. The minimum atomic E-state index is -0.203. The van der Waals surface area contributed by atoms with E-state index in [1.807, 2.05) is 36.4 Å². The molecule has 2 heterocycles. The van der Waals surface area contributed by atoms with Crippen molar-refractivity contribution in [2.45, 2.75) is 25.9 Å². The molecule has 132 valence electrons. The fraction of sp³-hybridized carbons (Fsp3) is 0.368. The largest absolute Gasteiger partial charge is 0.496 e. The van der Waals surface area contributed by atoms with E-state index in [-0.39, 0.29) is 6.03 Å². The van der Waals surface area contributed by atoms with Crippen LogP contribution in [-0.4, -0.2) is 31.2 Å². The third-order valence-corrected chi connectivity index (χ3v) is 4.32. The van der Waals surface area contributed by atoms with Crippen LogP contribution in [0.25, 0.3) is 0 Å². The normalized spacial score (nSPS) is 13.6. The number of carbonyl (C=O) groups excluding carboxylic acids is 1. The van der Waals surface area contributed by atoms with E-state index < -0.39 is 0 Å². The van der Waals surface area contributed by atoms with Crippen molar-refractivity contribution in [3.05, 3.63) is 53.7 Å². The molecule has 1 fully saturated rings. The van der Waals surface area contributed by atoms with E-state index in [0.717, 1.165) is 35.8 Å². The summed E-state index contributed by atoms with van der Waals surface area (Å²) in [6.45, 7) is 3.01. The maximum Gasteiger partial charge on any atom is 0.315 e. The smallest absolute Gasteiger partial charge is 0.315 e. The van der Waals surface area contributed by atoms with Crippen molar-refractivity contribution in [2.24, 2.45) is 0 Å². The van der Waals surface area contributed by atoms with Crippen LogP contribution in [0.3, 0.4) is 0 Å². The molecule has 0 aliphatic carbocycles. The average Bonchev–Trinajstić information content (AvgIpc) is 3.20. The number of pyridine rings is 1. The predicted molar refractivity (Wildman–Crippen MR) is 97.8 cm³/mol. The van der Waals surface area contributed by atoms with Crippen LogP contribution < -0.4 is 20.3 Å².